The molecule has 0 aromatic rings. The van der Waals surface area contributed by atoms with Gasteiger partial charge in [-0.25, -0.2) is 0 Å². The molecular weight excluding hydrogens is 781 g/mol. The molecule has 3 N–H and O–H groups in total. The molecule has 0 spiro atoms. The molecule has 0 aliphatic rings. The van der Waals surface area contributed by atoms with E-state index in [1.807, 2.05) is 0 Å². The molecule has 0 amide bonds. The molecule has 0 bridgehead atoms. The topological polar surface area (TPSA) is 112 Å². The van der Waals surface area contributed by atoms with Gasteiger partial charge in [-0.15, -0.1) is 0 Å². The van der Waals surface area contributed by atoms with Crippen LogP contribution >= 0.6 is 0 Å². The molecule has 6 nitrogen and oxygen atoms in total. The minimum Gasteiger partial charge on any atom is -0.393 e. The second-order valence-corrected chi connectivity index (χ2v) is 17.9. The first-order valence-electron chi connectivity index (χ1n) is 26.3. The highest BCUT2D eigenvalue weighted by molar-refractivity contribution is 6.16. The molecule has 0 heterocycles. The van der Waals surface area contributed by atoms with Gasteiger partial charge in [0.05, 0.1) is 6.61 Å². The summed E-state index contributed by atoms with van der Waals surface area (Å²) in [6.45, 7) is 5.42. The first-order chi connectivity index (χ1) is 30.8. The van der Waals surface area contributed by atoms with Gasteiger partial charge in [0.1, 0.15) is 0 Å². The predicted molar refractivity (Wildman–Crippen MR) is 270 cm³/mol. The van der Waals surface area contributed by atoms with Crippen molar-refractivity contribution in [1.29, 1.82) is 0 Å². The fourth-order valence-corrected chi connectivity index (χ4v) is 7.95. The molecule has 0 aromatic heterocycles. The van der Waals surface area contributed by atoms with E-state index in [2.05, 4.69) is 93.7 Å². The summed E-state index contributed by atoms with van der Waals surface area (Å²) in [5.41, 5.74) is -5.81. The number of hydrogen-bond acceptors (Lipinski definition) is 6. The maximum Gasteiger partial charge on any atom is 0.219 e. The van der Waals surface area contributed by atoms with Crippen LogP contribution in [-0.4, -0.2) is 50.5 Å². The van der Waals surface area contributed by atoms with Crippen molar-refractivity contribution >= 4 is 17.3 Å². The molecule has 0 aliphatic carbocycles. The highest BCUT2D eigenvalue weighted by Crippen LogP contribution is 2.32. The molecule has 0 saturated carbocycles. The standard InChI is InChI=1S/C57H98O6/c1-4-7-10-13-16-19-22-25-28-31-34-37-40-43-46-49-53(59)56(62,52-58)57(63,54(60)50-47-44-41-38-35-32-29-26-23-20-17-14-11-8-5-2)55(61)51-48-45-42-39-36-33-30-27-24-21-18-15-12-9-6-3/h7,10,16-17,19-20,25-30,58,62-63H,4-6,8-9,11-15,18,21-24,31-52H2,1-3H3/b10-7-,19-16-,20-17-,28-25-,29-26-,30-27-. The van der Waals surface area contributed by atoms with Crippen molar-refractivity contribution in [3.8, 4) is 0 Å². The minimum absolute atomic E-state index is 0.114. The average Bonchev–Trinajstić information content (AvgIpc) is 3.29. The monoisotopic (exact) mass is 879 g/mol. The molecule has 6 heteroatoms. The molecule has 0 aliphatic heterocycles. The van der Waals surface area contributed by atoms with E-state index < -0.39 is 35.2 Å². The van der Waals surface area contributed by atoms with Crippen molar-refractivity contribution < 1.29 is 29.7 Å². The van der Waals surface area contributed by atoms with Gasteiger partial charge >= 0.3 is 0 Å². The Labute approximate surface area is 388 Å². The predicted octanol–water partition coefficient (Wildman–Crippen LogP) is 15.6. The number of unbranched alkanes of at least 4 members (excludes halogenated alkanes) is 24. The number of carbonyl (C=O) groups excluding carboxylic acids is 3. The summed E-state index contributed by atoms with van der Waals surface area (Å²) in [4.78, 5) is 41.2. The van der Waals surface area contributed by atoms with Crippen LogP contribution in [0.4, 0.5) is 0 Å². The van der Waals surface area contributed by atoms with Crippen molar-refractivity contribution in [3.63, 3.8) is 0 Å². The lowest BCUT2D eigenvalue weighted by Crippen LogP contribution is -2.69. The number of rotatable bonds is 47. The smallest absolute Gasteiger partial charge is 0.219 e. The van der Waals surface area contributed by atoms with E-state index in [0.717, 1.165) is 135 Å². The van der Waals surface area contributed by atoms with E-state index in [1.54, 1.807) is 0 Å². The van der Waals surface area contributed by atoms with E-state index in [-0.39, 0.29) is 19.3 Å². The largest absolute Gasteiger partial charge is 0.393 e. The summed E-state index contributed by atoms with van der Waals surface area (Å²) in [6, 6.07) is 0. The second kappa shape index (κ2) is 44.5. The normalized spacial score (nSPS) is 14.4. The lowest BCUT2D eigenvalue weighted by Gasteiger charge is -2.39. The number of hydrogen-bond donors (Lipinski definition) is 3. The molecule has 0 saturated heterocycles. The Bertz CT molecular complexity index is 1270. The first-order valence-corrected chi connectivity index (χ1v) is 26.3. The number of aliphatic hydroxyl groups is 3. The first kappa shape index (κ1) is 60.3. The van der Waals surface area contributed by atoms with Gasteiger partial charge in [0.2, 0.25) is 5.60 Å². The third kappa shape index (κ3) is 31.8. The van der Waals surface area contributed by atoms with Crippen molar-refractivity contribution in [2.45, 2.75) is 263 Å². The van der Waals surface area contributed by atoms with E-state index in [9.17, 15) is 29.7 Å². The van der Waals surface area contributed by atoms with Crippen LogP contribution in [0.25, 0.3) is 0 Å². The molecule has 2 unspecified atom stereocenters. The number of Topliss-reactive ketones (excluding diaryl/α,β-unsaturated/α-hetero) is 3. The van der Waals surface area contributed by atoms with Crippen LogP contribution in [0.5, 0.6) is 0 Å². The maximum absolute atomic E-state index is 13.8. The fraction of sp³-hybridized carbons (Fsp3) is 0.737. The van der Waals surface area contributed by atoms with Gasteiger partial charge in [-0.3, -0.25) is 14.4 Å². The molecule has 0 radical (unpaired) electrons. The van der Waals surface area contributed by atoms with Crippen LogP contribution < -0.4 is 0 Å². The van der Waals surface area contributed by atoms with Crippen LogP contribution in [0.3, 0.4) is 0 Å². The molecule has 0 fully saturated rings. The van der Waals surface area contributed by atoms with Gasteiger partial charge in [0.15, 0.2) is 23.0 Å². The van der Waals surface area contributed by atoms with E-state index in [1.165, 1.54) is 57.8 Å². The highest BCUT2D eigenvalue weighted by atomic mass is 16.4. The quantitative estimate of drug-likeness (QED) is 0.0319. The maximum atomic E-state index is 13.8. The van der Waals surface area contributed by atoms with Gasteiger partial charge in [-0.1, -0.05) is 196 Å². The molecule has 2 atom stereocenters. The molecule has 63 heavy (non-hydrogen) atoms. The summed E-state index contributed by atoms with van der Waals surface area (Å²) in [5.74, 6) is -2.54. The van der Waals surface area contributed by atoms with Crippen LogP contribution in [0.15, 0.2) is 72.9 Å². The van der Waals surface area contributed by atoms with Gasteiger partial charge in [-0.2, -0.15) is 0 Å². The van der Waals surface area contributed by atoms with E-state index >= 15 is 0 Å². The number of allylic oxidation sites excluding steroid dienone is 12. The van der Waals surface area contributed by atoms with Gasteiger partial charge < -0.3 is 15.3 Å². The van der Waals surface area contributed by atoms with Crippen molar-refractivity contribution in [2.24, 2.45) is 0 Å². The lowest BCUT2D eigenvalue weighted by atomic mass is 9.71. The Morgan fingerprint density at radius 2 is 0.619 bits per heavy atom. The van der Waals surface area contributed by atoms with Crippen LogP contribution in [0.2, 0.25) is 0 Å². The Morgan fingerprint density at radius 1 is 0.349 bits per heavy atom. The van der Waals surface area contributed by atoms with Crippen molar-refractivity contribution in [2.75, 3.05) is 6.61 Å². The third-order valence-electron chi connectivity index (χ3n) is 12.2. The van der Waals surface area contributed by atoms with Gasteiger partial charge in [0, 0.05) is 19.3 Å². The Balaban J connectivity index is 5.05. The zero-order chi connectivity index (χ0) is 46.4. The Kier molecular flexibility index (Phi) is 42.6. The Morgan fingerprint density at radius 3 is 0.984 bits per heavy atom. The number of carbonyl (C=O) groups is 3. The SMILES string of the molecule is CC/C=C\C/C=C\C/C=C\CCCCCCCC(=O)C(O)(CO)C(O)(C(=O)CCCCCCC/C=C\C/C=C\CCCCC)C(=O)CCCCCCC/C=C\CCCCCCCC. The lowest BCUT2D eigenvalue weighted by molar-refractivity contribution is -0.194. The van der Waals surface area contributed by atoms with E-state index in [0.29, 0.717) is 19.3 Å². The molecule has 0 rings (SSSR count). The highest BCUT2D eigenvalue weighted by Gasteiger charge is 2.62. The third-order valence-corrected chi connectivity index (χ3v) is 12.2. The summed E-state index contributed by atoms with van der Waals surface area (Å²) in [7, 11) is 0. The van der Waals surface area contributed by atoms with Crippen LogP contribution in [-0.2, 0) is 14.4 Å². The van der Waals surface area contributed by atoms with Crippen LogP contribution in [0.1, 0.15) is 252 Å². The van der Waals surface area contributed by atoms with Gasteiger partial charge in [0.25, 0.3) is 0 Å². The molecular formula is C57H98O6. The summed E-state index contributed by atoms with van der Waals surface area (Å²) < 4.78 is 0. The summed E-state index contributed by atoms with van der Waals surface area (Å²) in [5, 5.41) is 34.1. The van der Waals surface area contributed by atoms with E-state index in [4.69, 9.17) is 0 Å². The average molecular weight is 879 g/mol. The Hall–Kier alpha value is -2.67. The zero-order valence-electron chi connectivity index (χ0n) is 41.2. The molecule has 362 valence electrons. The second-order valence-electron chi connectivity index (χ2n) is 17.9. The molecule has 0 aromatic carbocycles. The zero-order valence-corrected chi connectivity index (χ0v) is 41.2. The van der Waals surface area contributed by atoms with Crippen LogP contribution in [0, 0.1) is 0 Å². The minimum atomic E-state index is -2.96. The number of aliphatic hydroxyl groups excluding tert-OH is 1. The van der Waals surface area contributed by atoms with Crippen molar-refractivity contribution in [3.05, 3.63) is 72.9 Å². The van der Waals surface area contributed by atoms with Gasteiger partial charge in [-0.05, 0) is 109 Å². The number of ketones is 3. The summed E-state index contributed by atoms with van der Waals surface area (Å²) >= 11 is 0. The van der Waals surface area contributed by atoms with Crippen molar-refractivity contribution in [1.82, 2.24) is 0 Å². The summed E-state index contributed by atoms with van der Waals surface area (Å²) in [6.07, 6.45) is 59.7. The fourth-order valence-electron chi connectivity index (χ4n) is 7.95.